The lowest BCUT2D eigenvalue weighted by Crippen LogP contribution is -2.22. The first-order valence-electron chi connectivity index (χ1n) is 5.86. The van der Waals surface area contributed by atoms with Crippen LogP contribution in [0.3, 0.4) is 0 Å². The molecule has 2 heterocycles. The van der Waals surface area contributed by atoms with Gasteiger partial charge in [-0.3, -0.25) is 4.79 Å². The average Bonchev–Trinajstić information content (AvgIpc) is 3.04. The number of carbonyl (C=O) groups is 1. The molecule has 2 N–H and O–H groups in total. The molecule has 114 valence electrons. The number of hydrogen-bond acceptors (Lipinski definition) is 4. The van der Waals surface area contributed by atoms with E-state index in [4.69, 9.17) is 4.74 Å². The van der Waals surface area contributed by atoms with E-state index < -0.39 is 17.8 Å². The minimum atomic E-state index is -4.50. The van der Waals surface area contributed by atoms with E-state index in [9.17, 15) is 18.0 Å². The van der Waals surface area contributed by atoms with Crippen molar-refractivity contribution in [3.63, 3.8) is 0 Å². The van der Waals surface area contributed by atoms with E-state index in [1.54, 1.807) is 12.5 Å². The number of amides is 1. The highest BCUT2D eigenvalue weighted by Crippen LogP contribution is 2.28. The summed E-state index contributed by atoms with van der Waals surface area (Å²) in [6, 6.07) is 0.771. The summed E-state index contributed by atoms with van der Waals surface area (Å²) >= 11 is 1.39. The van der Waals surface area contributed by atoms with Crippen molar-refractivity contribution in [1.29, 1.82) is 0 Å². The fourth-order valence-electron chi connectivity index (χ4n) is 1.58. The van der Waals surface area contributed by atoms with Crippen molar-refractivity contribution in [1.82, 2.24) is 15.3 Å². The Morgan fingerprint density at radius 1 is 1.52 bits per heavy atom. The Hall–Kier alpha value is -1.87. The molecule has 1 amide bonds. The highest BCUT2D eigenvalue weighted by atomic mass is 32.1. The van der Waals surface area contributed by atoms with E-state index >= 15 is 0 Å². The first-order chi connectivity index (χ1) is 9.90. The van der Waals surface area contributed by atoms with Crippen LogP contribution in [-0.4, -0.2) is 23.0 Å². The molecule has 0 spiro atoms. The normalized spacial score (nSPS) is 11.6. The zero-order chi connectivity index (χ0) is 15.5. The predicted octanol–water partition coefficient (Wildman–Crippen LogP) is 2.57. The fourth-order valence-corrected chi connectivity index (χ4v) is 2.35. The Balaban J connectivity index is 1.93. The number of H-pyrrole nitrogens is 1. The number of nitrogens with zero attached hydrogens (tertiary/aromatic N) is 1. The molecular weight excluding hydrogens is 307 g/mol. The van der Waals surface area contributed by atoms with Gasteiger partial charge in [0, 0.05) is 18.7 Å². The maximum absolute atomic E-state index is 12.4. The number of ether oxygens (including phenoxy) is 1. The standard InChI is InChI=1S/C12H12F3N3O2S/c1-20-5-10-18-8(6-21-10)4-17-11(19)7-2-9(16-3-7)12(13,14)15/h2-3,6,16H,4-5H2,1H3,(H,17,19). The van der Waals surface area contributed by atoms with E-state index in [0.29, 0.717) is 12.3 Å². The number of methoxy groups -OCH3 is 1. The molecule has 0 fully saturated rings. The second kappa shape index (κ2) is 6.27. The first kappa shape index (κ1) is 15.5. The number of aromatic amines is 1. The number of thiazole rings is 1. The molecule has 0 aliphatic carbocycles. The van der Waals surface area contributed by atoms with Gasteiger partial charge in [-0.05, 0) is 6.07 Å². The van der Waals surface area contributed by atoms with Gasteiger partial charge in [0.1, 0.15) is 10.7 Å². The van der Waals surface area contributed by atoms with E-state index in [-0.39, 0.29) is 12.1 Å². The van der Waals surface area contributed by atoms with E-state index in [1.807, 2.05) is 4.98 Å². The summed E-state index contributed by atoms with van der Waals surface area (Å²) < 4.78 is 42.1. The molecule has 2 aromatic rings. The summed E-state index contributed by atoms with van der Waals surface area (Å²) in [5, 5.41) is 5.04. The van der Waals surface area contributed by atoms with Crippen molar-refractivity contribution < 1.29 is 22.7 Å². The minimum absolute atomic E-state index is 0.0744. The van der Waals surface area contributed by atoms with Gasteiger partial charge in [0.05, 0.1) is 24.4 Å². The molecule has 5 nitrogen and oxygen atoms in total. The van der Waals surface area contributed by atoms with Gasteiger partial charge in [-0.25, -0.2) is 4.98 Å². The monoisotopic (exact) mass is 319 g/mol. The third-order valence-corrected chi connectivity index (χ3v) is 3.42. The molecule has 2 rings (SSSR count). The van der Waals surface area contributed by atoms with Crippen molar-refractivity contribution in [3.8, 4) is 0 Å². The number of rotatable bonds is 5. The maximum Gasteiger partial charge on any atom is 0.431 e. The summed E-state index contributed by atoms with van der Waals surface area (Å²) in [4.78, 5) is 18.0. The van der Waals surface area contributed by atoms with Gasteiger partial charge in [-0.2, -0.15) is 13.2 Å². The van der Waals surface area contributed by atoms with Gasteiger partial charge < -0.3 is 15.0 Å². The second-order valence-corrected chi connectivity index (χ2v) is 5.09. The third-order valence-electron chi connectivity index (χ3n) is 2.55. The molecule has 2 aromatic heterocycles. The van der Waals surface area contributed by atoms with Crippen LogP contribution in [0.5, 0.6) is 0 Å². The lowest BCUT2D eigenvalue weighted by Gasteiger charge is -2.02. The van der Waals surface area contributed by atoms with Crippen molar-refractivity contribution >= 4 is 17.2 Å². The molecule has 0 saturated carbocycles. The van der Waals surface area contributed by atoms with Crippen LogP contribution in [0.15, 0.2) is 17.6 Å². The SMILES string of the molecule is COCc1nc(CNC(=O)c2c[nH]c(C(F)(F)F)c2)cs1. The number of alkyl halides is 3. The fraction of sp³-hybridized carbons (Fsp3) is 0.333. The van der Waals surface area contributed by atoms with Gasteiger partial charge >= 0.3 is 6.18 Å². The van der Waals surface area contributed by atoms with Crippen molar-refractivity contribution in [3.05, 3.63) is 39.6 Å². The van der Waals surface area contributed by atoms with E-state index in [2.05, 4.69) is 10.3 Å². The van der Waals surface area contributed by atoms with Gasteiger partial charge in [0.2, 0.25) is 0 Å². The Bertz CT molecular complexity index is 621. The zero-order valence-electron chi connectivity index (χ0n) is 11.0. The topological polar surface area (TPSA) is 67.0 Å². The number of hydrogen-bond donors (Lipinski definition) is 2. The number of nitrogens with one attached hydrogen (secondary N) is 2. The van der Waals surface area contributed by atoms with Crippen molar-refractivity contribution in [2.24, 2.45) is 0 Å². The van der Waals surface area contributed by atoms with Crippen LogP contribution in [0.25, 0.3) is 0 Å². The molecule has 0 aromatic carbocycles. The van der Waals surface area contributed by atoms with Crippen LogP contribution in [0.2, 0.25) is 0 Å². The second-order valence-electron chi connectivity index (χ2n) is 4.15. The lowest BCUT2D eigenvalue weighted by molar-refractivity contribution is -0.140. The summed E-state index contributed by atoms with van der Waals surface area (Å²) in [5.74, 6) is -0.594. The Kier molecular flexibility index (Phi) is 4.63. The summed E-state index contributed by atoms with van der Waals surface area (Å²) in [7, 11) is 1.55. The quantitative estimate of drug-likeness (QED) is 0.890. The van der Waals surface area contributed by atoms with Gasteiger partial charge in [0.15, 0.2) is 0 Å². The summed E-state index contributed by atoms with van der Waals surface area (Å²) in [6.45, 7) is 0.525. The van der Waals surface area contributed by atoms with Crippen LogP contribution in [0, 0.1) is 0 Å². The Morgan fingerprint density at radius 3 is 2.90 bits per heavy atom. The van der Waals surface area contributed by atoms with Crippen LogP contribution < -0.4 is 5.32 Å². The van der Waals surface area contributed by atoms with Crippen LogP contribution in [0.4, 0.5) is 13.2 Å². The molecule has 21 heavy (non-hydrogen) atoms. The van der Waals surface area contributed by atoms with Crippen LogP contribution >= 0.6 is 11.3 Å². The average molecular weight is 319 g/mol. The number of carbonyl (C=O) groups excluding carboxylic acids is 1. The Labute approximate surface area is 122 Å². The van der Waals surface area contributed by atoms with E-state index in [0.717, 1.165) is 17.3 Å². The van der Waals surface area contributed by atoms with Gasteiger partial charge in [-0.1, -0.05) is 0 Å². The smallest absolute Gasteiger partial charge is 0.378 e. The predicted molar refractivity (Wildman–Crippen MR) is 69.8 cm³/mol. The molecule has 0 aliphatic rings. The summed E-state index contributed by atoms with van der Waals surface area (Å²) in [5.41, 5.74) is -0.398. The van der Waals surface area contributed by atoms with Crippen LogP contribution in [0.1, 0.15) is 26.8 Å². The first-order valence-corrected chi connectivity index (χ1v) is 6.74. The van der Waals surface area contributed by atoms with Crippen LogP contribution in [-0.2, 0) is 24.1 Å². The van der Waals surface area contributed by atoms with Gasteiger partial charge in [-0.15, -0.1) is 11.3 Å². The molecular formula is C12H12F3N3O2S. The highest BCUT2D eigenvalue weighted by Gasteiger charge is 2.32. The van der Waals surface area contributed by atoms with Crippen molar-refractivity contribution in [2.75, 3.05) is 7.11 Å². The largest absolute Gasteiger partial charge is 0.431 e. The molecule has 0 aliphatic heterocycles. The Morgan fingerprint density at radius 2 is 2.29 bits per heavy atom. The number of aromatic nitrogens is 2. The third kappa shape index (κ3) is 4.05. The van der Waals surface area contributed by atoms with Gasteiger partial charge in [0.25, 0.3) is 5.91 Å². The zero-order valence-corrected chi connectivity index (χ0v) is 11.8. The van der Waals surface area contributed by atoms with Crippen molar-refractivity contribution in [2.45, 2.75) is 19.3 Å². The molecule has 0 saturated heterocycles. The highest BCUT2D eigenvalue weighted by molar-refractivity contribution is 7.09. The molecule has 0 bridgehead atoms. The minimum Gasteiger partial charge on any atom is -0.378 e. The summed E-state index contributed by atoms with van der Waals surface area (Å²) in [6.07, 6.45) is -3.47. The molecule has 0 atom stereocenters. The van der Waals surface area contributed by atoms with E-state index in [1.165, 1.54) is 11.3 Å². The maximum atomic E-state index is 12.4. The lowest BCUT2D eigenvalue weighted by atomic mass is 10.3. The number of halogens is 3. The molecule has 9 heteroatoms. The molecule has 0 unspecified atom stereocenters. The molecule has 0 radical (unpaired) electrons.